The van der Waals surface area contributed by atoms with Gasteiger partial charge in [-0.05, 0) is 31.7 Å². The summed E-state index contributed by atoms with van der Waals surface area (Å²) in [6.45, 7) is 7.31. The molecule has 0 saturated heterocycles. The van der Waals surface area contributed by atoms with Gasteiger partial charge < -0.3 is 5.32 Å². The van der Waals surface area contributed by atoms with Crippen molar-refractivity contribution in [3.63, 3.8) is 0 Å². The van der Waals surface area contributed by atoms with E-state index in [1.165, 1.54) is 18.5 Å². The highest BCUT2D eigenvalue weighted by atomic mass is 15.3. The molecule has 0 spiro atoms. The lowest BCUT2D eigenvalue weighted by molar-refractivity contribution is 0.469. The number of nitrogens with zero attached hydrogens (tertiary/aromatic N) is 4. The Morgan fingerprint density at radius 1 is 1.40 bits per heavy atom. The molecule has 0 radical (unpaired) electrons. The van der Waals surface area contributed by atoms with Crippen LogP contribution in [-0.2, 0) is 6.54 Å². The first-order valence-electron chi connectivity index (χ1n) is 7.26. The third-order valence-electron chi connectivity index (χ3n) is 3.42. The maximum atomic E-state index is 4.55. The fourth-order valence-corrected chi connectivity index (χ4v) is 2.43. The number of hydrogen-bond donors (Lipinski definition) is 1. The molecule has 2 aromatic rings. The van der Waals surface area contributed by atoms with Gasteiger partial charge in [0.15, 0.2) is 0 Å². The molecular weight excluding hydrogens is 250 g/mol. The smallest absolute Gasteiger partial charge is 0.134 e. The second-order valence-corrected chi connectivity index (χ2v) is 5.91. The number of anilines is 2. The van der Waals surface area contributed by atoms with E-state index < -0.39 is 0 Å². The fourth-order valence-electron chi connectivity index (χ4n) is 2.43. The first-order valence-corrected chi connectivity index (χ1v) is 7.26. The van der Waals surface area contributed by atoms with Crippen molar-refractivity contribution in [3.8, 4) is 0 Å². The van der Waals surface area contributed by atoms with Crippen molar-refractivity contribution >= 4 is 11.5 Å². The van der Waals surface area contributed by atoms with Crippen molar-refractivity contribution in [2.75, 3.05) is 5.32 Å². The van der Waals surface area contributed by atoms with Crippen LogP contribution in [0.5, 0.6) is 0 Å². The van der Waals surface area contributed by atoms with E-state index in [0.29, 0.717) is 11.8 Å². The first-order chi connectivity index (χ1) is 9.63. The minimum atomic E-state index is 0.599. The van der Waals surface area contributed by atoms with Gasteiger partial charge in [0.25, 0.3) is 0 Å². The molecule has 1 fully saturated rings. The van der Waals surface area contributed by atoms with Crippen LogP contribution >= 0.6 is 0 Å². The standard InChI is InChI=1S/C15H21N5/c1-10(2)9-20-15(12-4-5-12)13(8-17-20)19-14-6-7-16-11(3)18-14/h6-8,10,12H,4-5,9H2,1-3H3,(H,16,18,19). The summed E-state index contributed by atoms with van der Waals surface area (Å²) in [6.07, 6.45) is 6.23. The van der Waals surface area contributed by atoms with Crippen molar-refractivity contribution in [3.05, 3.63) is 30.0 Å². The van der Waals surface area contributed by atoms with Gasteiger partial charge >= 0.3 is 0 Å². The molecule has 1 aliphatic carbocycles. The topological polar surface area (TPSA) is 55.6 Å². The summed E-state index contributed by atoms with van der Waals surface area (Å²) >= 11 is 0. The molecule has 5 nitrogen and oxygen atoms in total. The van der Waals surface area contributed by atoms with Crippen LogP contribution in [-0.4, -0.2) is 19.7 Å². The molecule has 0 aliphatic heterocycles. The molecule has 5 heteroatoms. The second-order valence-electron chi connectivity index (χ2n) is 5.91. The Labute approximate surface area is 119 Å². The lowest BCUT2D eigenvalue weighted by Crippen LogP contribution is -2.10. The summed E-state index contributed by atoms with van der Waals surface area (Å²) in [4.78, 5) is 8.52. The van der Waals surface area contributed by atoms with Gasteiger partial charge in [-0.25, -0.2) is 9.97 Å². The molecule has 2 heterocycles. The Morgan fingerprint density at radius 3 is 2.85 bits per heavy atom. The molecule has 1 saturated carbocycles. The highest BCUT2D eigenvalue weighted by Gasteiger charge is 2.30. The van der Waals surface area contributed by atoms with E-state index in [2.05, 4.69) is 38.9 Å². The minimum absolute atomic E-state index is 0.599. The number of rotatable bonds is 5. The predicted molar refractivity (Wildman–Crippen MR) is 79.1 cm³/mol. The van der Waals surface area contributed by atoms with Gasteiger partial charge in [-0.15, -0.1) is 0 Å². The van der Waals surface area contributed by atoms with Crippen LogP contribution in [0.2, 0.25) is 0 Å². The average molecular weight is 271 g/mol. The molecule has 0 atom stereocenters. The Bertz CT molecular complexity index is 598. The van der Waals surface area contributed by atoms with Gasteiger partial charge in [0.05, 0.1) is 17.6 Å². The van der Waals surface area contributed by atoms with E-state index in [9.17, 15) is 0 Å². The molecule has 20 heavy (non-hydrogen) atoms. The Hall–Kier alpha value is -1.91. The van der Waals surface area contributed by atoms with Crippen LogP contribution in [0, 0.1) is 12.8 Å². The summed E-state index contributed by atoms with van der Waals surface area (Å²) in [5, 5.41) is 7.94. The number of aromatic nitrogens is 4. The van der Waals surface area contributed by atoms with E-state index in [-0.39, 0.29) is 0 Å². The van der Waals surface area contributed by atoms with Crippen molar-refractivity contribution in [2.45, 2.75) is 46.1 Å². The number of hydrogen-bond acceptors (Lipinski definition) is 4. The quantitative estimate of drug-likeness (QED) is 0.907. The SMILES string of the molecule is Cc1nccc(Nc2cnn(CC(C)C)c2C2CC2)n1. The van der Waals surface area contributed by atoms with Crippen LogP contribution in [0.4, 0.5) is 11.5 Å². The maximum Gasteiger partial charge on any atom is 0.134 e. The molecular formula is C15H21N5. The van der Waals surface area contributed by atoms with E-state index in [1.807, 2.05) is 19.2 Å². The van der Waals surface area contributed by atoms with E-state index in [1.54, 1.807) is 6.20 Å². The third kappa shape index (κ3) is 2.81. The molecule has 106 valence electrons. The molecule has 0 bridgehead atoms. The van der Waals surface area contributed by atoms with Gasteiger partial charge in [-0.1, -0.05) is 13.8 Å². The zero-order valence-corrected chi connectivity index (χ0v) is 12.3. The second kappa shape index (κ2) is 5.23. The van der Waals surface area contributed by atoms with Gasteiger partial charge in [0.1, 0.15) is 11.6 Å². The zero-order valence-electron chi connectivity index (χ0n) is 12.3. The van der Waals surface area contributed by atoms with Crippen LogP contribution in [0.15, 0.2) is 18.5 Å². The highest BCUT2D eigenvalue weighted by Crippen LogP contribution is 2.44. The van der Waals surface area contributed by atoms with Crippen LogP contribution < -0.4 is 5.32 Å². The van der Waals surface area contributed by atoms with Crippen LogP contribution in [0.25, 0.3) is 0 Å². The molecule has 3 rings (SSSR count). The fraction of sp³-hybridized carbons (Fsp3) is 0.533. The van der Waals surface area contributed by atoms with Crippen molar-refractivity contribution in [1.82, 2.24) is 19.7 Å². The van der Waals surface area contributed by atoms with E-state index in [0.717, 1.165) is 23.9 Å². The summed E-state index contributed by atoms with van der Waals surface area (Å²) in [6, 6.07) is 1.89. The maximum absolute atomic E-state index is 4.55. The lowest BCUT2D eigenvalue weighted by Gasteiger charge is -2.11. The van der Waals surface area contributed by atoms with E-state index in [4.69, 9.17) is 0 Å². The molecule has 1 N–H and O–H groups in total. The van der Waals surface area contributed by atoms with Crippen molar-refractivity contribution < 1.29 is 0 Å². The normalized spacial score (nSPS) is 14.8. The minimum Gasteiger partial charge on any atom is -0.337 e. The molecule has 0 amide bonds. The molecule has 1 aliphatic rings. The number of nitrogens with one attached hydrogen (secondary N) is 1. The van der Waals surface area contributed by atoms with Crippen LogP contribution in [0.1, 0.15) is 44.1 Å². The monoisotopic (exact) mass is 271 g/mol. The van der Waals surface area contributed by atoms with Gasteiger partial charge in [0.2, 0.25) is 0 Å². The lowest BCUT2D eigenvalue weighted by atomic mass is 10.2. The van der Waals surface area contributed by atoms with Crippen LogP contribution in [0.3, 0.4) is 0 Å². The first kappa shape index (κ1) is 13.1. The van der Waals surface area contributed by atoms with E-state index >= 15 is 0 Å². The predicted octanol–water partition coefficient (Wildman–Crippen LogP) is 3.26. The highest BCUT2D eigenvalue weighted by molar-refractivity contribution is 5.59. The summed E-state index contributed by atoms with van der Waals surface area (Å²) < 4.78 is 2.15. The zero-order chi connectivity index (χ0) is 14.1. The van der Waals surface area contributed by atoms with Gasteiger partial charge in [-0.3, -0.25) is 4.68 Å². The average Bonchev–Trinajstić information content (AvgIpc) is 3.14. The Morgan fingerprint density at radius 2 is 2.20 bits per heavy atom. The largest absolute Gasteiger partial charge is 0.337 e. The molecule has 0 aromatic carbocycles. The molecule has 2 aromatic heterocycles. The third-order valence-corrected chi connectivity index (χ3v) is 3.42. The summed E-state index contributed by atoms with van der Waals surface area (Å²) in [5.74, 6) is 2.87. The Kier molecular flexibility index (Phi) is 3.42. The summed E-state index contributed by atoms with van der Waals surface area (Å²) in [7, 11) is 0. The van der Waals surface area contributed by atoms with Crippen molar-refractivity contribution in [2.24, 2.45) is 5.92 Å². The number of aryl methyl sites for hydroxylation is 1. The Balaban J connectivity index is 1.87. The molecule has 0 unspecified atom stereocenters. The van der Waals surface area contributed by atoms with Gasteiger partial charge in [-0.2, -0.15) is 5.10 Å². The summed E-state index contributed by atoms with van der Waals surface area (Å²) in [5.41, 5.74) is 2.42. The van der Waals surface area contributed by atoms with Gasteiger partial charge in [0, 0.05) is 18.7 Å². The van der Waals surface area contributed by atoms with Crippen molar-refractivity contribution in [1.29, 1.82) is 0 Å².